The highest BCUT2D eigenvalue weighted by atomic mass is 32.2. The van der Waals surface area contributed by atoms with Gasteiger partial charge in [-0.25, -0.2) is 0 Å². The van der Waals surface area contributed by atoms with Crippen molar-refractivity contribution >= 4 is 28.8 Å². The highest BCUT2D eigenvalue weighted by molar-refractivity contribution is 8.00. The Hall–Kier alpha value is -1.05. The Morgan fingerprint density at radius 3 is 2.86 bits per heavy atom. The van der Waals surface area contributed by atoms with E-state index in [1.807, 2.05) is 31.2 Å². The quantitative estimate of drug-likeness (QED) is 0.706. The molecule has 1 heterocycles. The molecule has 2 rings (SSSR count). The van der Waals surface area contributed by atoms with Crippen molar-refractivity contribution in [2.75, 3.05) is 37.5 Å². The summed E-state index contributed by atoms with van der Waals surface area (Å²) in [5, 5.41) is -0.0359. The van der Waals surface area contributed by atoms with Gasteiger partial charge in [0.2, 0.25) is 0 Å². The molecule has 122 valence electrons. The molecular formula is C15H21NO4S2. The highest BCUT2D eigenvalue weighted by Crippen LogP contribution is 2.29. The van der Waals surface area contributed by atoms with Crippen LogP contribution in [0.15, 0.2) is 24.3 Å². The minimum Gasteiger partial charge on any atom is -0.616 e. The molecule has 22 heavy (non-hydrogen) atoms. The van der Waals surface area contributed by atoms with Gasteiger partial charge in [0.25, 0.3) is 5.91 Å². The van der Waals surface area contributed by atoms with Gasteiger partial charge in [0.15, 0.2) is 17.3 Å². The fourth-order valence-electron chi connectivity index (χ4n) is 2.17. The van der Waals surface area contributed by atoms with Gasteiger partial charge in [-0.05, 0) is 30.2 Å². The number of methoxy groups -OCH3 is 1. The number of rotatable bonds is 7. The van der Waals surface area contributed by atoms with E-state index >= 15 is 0 Å². The average Bonchev–Trinajstić information content (AvgIpc) is 3.01. The number of carbonyl (C=O) groups is 1. The van der Waals surface area contributed by atoms with Crippen molar-refractivity contribution in [3.05, 3.63) is 24.3 Å². The molecule has 0 spiro atoms. The fourth-order valence-corrected chi connectivity index (χ4v) is 3.95. The van der Waals surface area contributed by atoms with Crippen LogP contribution in [0.2, 0.25) is 0 Å². The first-order chi connectivity index (χ1) is 10.7. The summed E-state index contributed by atoms with van der Waals surface area (Å²) in [6.07, 6.45) is 0. The molecule has 7 heteroatoms. The molecule has 0 unspecified atom stereocenters. The van der Waals surface area contributed by atoms with Crippen molar-refractivity contribution in [2.45, 2.75) is 12.3 Å². The molecule has 0 aliphatic carbocycles. The van der Waals surface area contributed by atoms with E-state index in [1.165, 1.54) is 0 Å². The van der Waals surface area contributed by atoms with Crippen LogP contribution in [-0.2, 0) is 16.0 Å². The Morgan fingerprint density at radius 2 is 2.18 bits per heavy atom. The number of thioether (sulfide) groups is 1. The Morgan fingerprint density at radius 1 is 1.45 bits per heavy atom. The van der Waals surface area contributed by atoms with Crippen molar-refractivity contribution in [1.29, 1.82) is 0 Å². The maximum absolute atomic E-state index is 12.2. The van der Waals surface area contributed by atoms with Crippen LogP contribution in [0.4, 0.5) is 0 Å². The minimum absolute atomic E-state index is 0.0359. The Kier molecular flexibility index (Phi) is 6.72. The molecule has 1 aliphatic rings. The van der Waals surface area contributed by atoms with Crippen molar-refractivity contribution in [3.8, 4) is 11.5 Å². The lowest BCUT2D eigenvalue weighted by atomic mass is 10.3. The number of ether oxygens (including phenoxy) is 2. The van der Waals surface area contributed by atoms with E-state index in [-0.39, 0.29) is 17.0 Å². The average molecular weight is 343 g/mol. The number of amides is 1. The predicted molar refractivity (Wildman–Crippen MR) is 90.0 cm³/mol. The van der Waals surface area contributed by atoms with Crippen LogP contribution in [0, 0.1) is 0 Å². The standard InChI is InChI=1S/C15H21NO4S2/c1-3-22(18)11-14(17)16-8-9-21-15(16)10-20-13-7-5-4-6-12(13)19-2/h4-7,15H,3,8-11H2,1-2H3/t15-,22+/m1/s1. The van der Waals surface area contributed by atoms with E-state index in [9.17, 15) is 9.35 Å². The Bertz CT molecular complexity index is 500. The maximum Gasteiger partial charge on any atom is 0.273 e. The van der Waals surface area contributed by atoms with Crippen LogP contribution in [0.1, 0.15) is 6.92 Å². The SMILES string of the molecule is CC[S@+]([O-])CC(=O)N1CCS[C@@H]1COc1ccccc1OC. The van der Waals surface area contributed by atoms with Crippen LogP contribution in [0.5, 0.6) is 11.5 Å². The fraction of sp³-hybridized carbons (Fsp3) is 0.533. The summed E-state index contributed by atoms with van der Waals surface area (Å²) in [6, 6.07) is 7.44. The summed E-state index contributed by atoms with van der Waals surface area (Å²) >= 11 is 0.612. The van der Waals surface area contributed by atoms with E-state index in [1.54, 1.807) is 23.8 Å². The van der Waals surface area contributed by atoms with E-state index in [2.05, 4.69) is 0 Å². The second-order valence-corrected chi connectivity index (χ2v) is 7.78. The molecule has 1 aromatic carbocycles. The first-order valence-corrected chi connectivity index (χ1v) is 9.71. The van der Waals surface area contributed by atoms with Gasteiger partial charge in [0.1, 0.15) is 17.7 Å². The molecule has 1 aromatic rings. The van der Waals surface area contributed by atoms with Crippen molar-refractivity contribution < 1.29 is 18.8 Å². The number of carbonyl (C=O) groups excluding carboxylic acids is 1. The summed E-state index contributed by atoms with van der Waals surface area (Å²) in [4.78, 5) is 14.0. The molecule has 1 aliphatic heterocycles. The molecule has 0 bridgehead atoms. The molecule has 0 aromatic heterocycles. The molecule has 0 radical (unpaired) electrons. The van der Waals surface area contributed by atoms with Gasteiger partial charge in [-0.2, -0.15) is 0 Å². The zero-order valence-electron chi connectivity index (χ0n) is 12.8. The molecule has 2 atom stereocenters. The zero-order valence-corrected chi connectivity index (χ0v) is 14.5. The molecule has 0 N–H and O–H groups in total. The maximum atomic E-state index is 12.2. The first-order valence-electron chi connectivity index (χ1n) is 7.17. The Balaban J connectivity index is 1.92. The minimum atomic E-state index is -1.07. The van der Waals surface area contributed by atoms with Gasteiger partial charge >= 0.3 is 0 Å². The monoisotopic (exact) mass is 343 g/mol. The normalized spacial score (nSPS) is 19.0. The van der Waals surface area contributed by atoms with E-state index in [0.29, 0.717) is 30.4 Å². The molecule has 1 saturated heterocycles. The lowest BCUT2D eigenvalue weighted by molar-refractivity contribution is -0.128. The second-order valence-electron chi connectivity index (χ2n) is 4.75. The van der Waals surface area contributed by atoms with Gasteiger partial charge < -0.3 is 18.9 Å². The molecule has 0 saturated carbocycles. The second kappa shape index (κ2) is 8.55. The van der Waals surface area contributed by atoms with Crippen LogP contribution in [-0.4, -0.2) is 58.3 Å². The number of hydrogen-bond acceptors (Lipinski definition) is 5. The van der Waals surface area contributed by atoms with Gasteiger partial charge in [0.05, 0.1) is 7.11 Å². The van der Waals surface area contributed by atoms with E-state index < -0.39 is 11.2 Å². The molecular weight excluding hydrogens is 322 g/mol. The molecule has 1 amide bonds. The summed E-state index contributed by atoms with van der Waals surface area (Å²) in [5.74, 6) is 2.78. The predicted octanol–water partition coefficient (Wildman–Crippen LogP) is 1.74. The largest absolute Gasteiger partial charge is 0.616 e. The zero-order chi connectivity index (χ0) is 15.9. The van der Waals surface area contributed by atoms with Crippen LogP contribution in [0.25, 0.3) is 0 Å². The lowest BCUT2D eigenvalue weighted by Crippen LogP contribution is -2.41. The third-order valence-corrected chi connectivity index (χ3v) is 5.77. The van der Waals surface area contributed by atoms with E-state index in [0.717, 1.165) is 5.75 Å². The number of benzene rings is 1. The van der Waals surface area contributed by atoms with Gasteiger partial charge in [-0.15, -0.1) is 11.8 Å². The molecule has 1 fully saturated rings. The van der Waals surface area contributed by atoms with Crippen LogP contribution in [0.3, 0.4) is 0 Å². The number of nitrogens with zero attached hydrogens (tertiary/aromatic N) is 1. The first kappa shape index (κ1) is 17.3. The van der Waals surface area contributed by atoms with Crippen LogP contribution < -0.4 is 9.47 Å². The summed E-state index contributed by atoms with van der Waals surface area (Å²) < 4.78 is 22.6. The topological polar surface area (TPSA) is 61.8 Å². The third kappa shape index (κ3) is 4.47. The summed E-state index contributed by atoms with van der Waals surface area (Å²) in [5.41, 5.74) is 0. The van der Waals surface area contributed by atoms with E-state index in [4.69, 9.17) is 9.47 Å². The van der Waals surface area contributed by atoms with Gasteiger partial charge in [-0.3, -0.25) is 4.79 Å². The van der Waals surface area contributed by atoms with Crippen molar-refractivity contribution in [1.82, 2.24) is 4.90 Å². The third-order valence-electron chi connectivity index (χ3n) is 3.37. The smallest absolute Gasteiger partial charge is 0.273 e. The molecule has 5 nitrogen and oxygen atoms in total. The number of para-hydroxylation sites is 2. The number of hydrogen-bond donors (Lipinski definition) is 0. The van der Waals surface area contributed by atoms with Gasteiger partial charge in [0, 0.05) is 12.3 Å². The van der Waals surface area contributed by atoms with Crippen molar-refractivity contribution in [3.63, 3.8) is 0 Å². The van der Waals surface area contributed by atoms with Crippen LogP contribution >= 0.6 is 11.8 Å². The highest BCUT2D eigenvalue weighted by Gasteiger charge is 2.32. The summed E-state index contributed by atoms with van der Waals surface area (Å²) in [7, 11) is 1.60. The summed E-state index contributed by atoms with van der Waals surface area (Å²) in [6.45, 7) is 2.91. The van der Waals surface area contributed by atoms with Crippen molar-refractivity contribution in [2.24, 2.45) is 0 Å². The Labute approximate surface area is 138 Å². The lowest BCUT2D eigenvalue weighted by Gasteiger charge is -2.24. The van der Waals surface area contributed by atoms with Gasteiger partial charge in [-0.1, -0.05) is 12.1 Å².